The lowest BCUT2D eigenvalue weighted by atomic mass is 10.2. The molecule has 20 heavy (non-hydrogen) atoms. The lowest BCUT2D eigenvalue weighted by molar-refractivity contribution is -0.115. The number of nitrogens with one attached hydrogen (secondary N) is 1. The number of amides is 1. The van der Waals surface area contributed by atoms with Gasteiger partial charge >= 0.3 is 0 Å². The summed E-state index contributed by atoms with van der Waals surface area (Å²) in [6.45, 7) is 0. The van der Waals surface area contributed by atoms with E-state index in [-0.39, 0.29) is 5.91 Å². The molecule has 2 aromatic rings. The van der Waals surface area contributed by atoms with Crippen molar-refractivity contribution in [3.63, 3.8) is 0 Å². The fourth-order valence-electron chi connectivity index (χ4n) is 1.62. The molecule has 104 valence electrons. The van der Waals surface area contributed by atoms with E-state index in [0.29, 0.717) is 17.8 Å². The van der Waals surface area contributed by atoms with E-state index in [2.05, 4.69) is 21.2 Å². The molecule has 0 heterocycles. The zero-order chi connectivity index (χ0) is 14.4. The number of nitrogens with two attached hydrogens (primary N) is 1. The Morgan fingerprint density at radius 1 is 1.15 bits per heavy atom. The second-order valence-corrected chi connectivity index (χ2v) is 6.27. The molecule has 3 N–H and O–H groups in total. The van der Waals surface area contributed by atoms with Crippen molar-refractivity contribution in [2.45, 2.75) is 11.3 Å². The van der Waals surface area contributed by atoms with Crippen molar-refractivity contribution in [3.05, 3.63) is 53.0 Å². The van der Waals surface area contributed by atoms with Gasteiger partial charge in [0.15, 0.2) is 0 Å². The standard InChI is InChI=1S/C15H15BrN2OS/c16-11-5-7-12(8-6-11)20-10-9-15(19)18-14-4-2-1-3-13(14)17/h1-8H,9-10,17H2,(H,18,19). The first-order chi connectivity index (χ1) is 9.65. The molecule has 0 aliphatic heterocycles. The Labute approximate surface area is 131 Å². The third kappa shape index (κ3) is 4.58. The molecule has 0 bridgehead atoms. The van der Waals surface area contributed by atoms with Gasteiger partial charge in [0.25, 0.3) is 0 Å². The van der Waals surface area contributed by atoms with Gasteiger partial charge < -0.3 is 11.1 Å². The van der Waals surface area contributed by atoms with Gasteiger partial charge in [0.05, 0.1) is 11.4 Å². The number of rotatable bonds is 5. The van der Waals surface area contributed by atoms with E-state index < -0.39 is 0 Å². The van der Waals surface area contributed by atoms with E-state index in [1.807, 2.05) is 36.4 Å². The van der Waals surface area contributed by atoms with Crippen molar-refractivity contribution >= 4 is 45.0 Å². The Bertz CT molecular complexity index is 587. The van der Waals surface area contributed by atoms with Gasteiger partial charge in [0.2, 0.25) is 5.91 Å². The molecule has 0 aliphatic carbocycles. The fourth-order valence-corrected chi connectivity index (χ4v) is 2.73. The molecule has 0 aromatic heterocycles. The number of carbonyl (C=O) groups is 1. The number of anilines is 2. The number of nitrogen functional groups attached to an aromatic ring is 1. The number of benzene rings is 2. The molecule has 0 unspecified atom stereocenters. The predicted molar refractivity (Wildman–Crippen MR) is 89.0 cm³/mol. The number of thioether (sulfide) groups is 1. The van der Waals surface area contributed by atoms with Crippen LogP contribution in [0.1, 0.15) is 6.42 Å². The summed E-state index contributed by atoms with van der Waals surface area (Å²) in [5.41, 5.74) is 7.04. The minimum absolute atomic E-state index is 0.0208. The Hall–Kier alpha value is -1.46. The molecule has 0 aliphatic rings. The van der Waals surface area contributed by atoms with Crippen LogP contribution in [-0.2, 0) is 4.79 Å². The summed E-state index contributed by atoms with van der Waals surface area (Å²) in [4.78, 5) is 13.0. The van der Waals surface area contributed by atoms with Crippen LogP contribution in [0.25, 0.3) is 0 Å². The minimum Gasteiger partial charge on any atom is -0.397 e. The number of halogens is 1. The Kier molecular flexibility index (Phi) is 5.49. The quantitative estimate of drug-likeness (QED) is 0.628. The van der Waals surface area contributed by atoms with E-state index in [9.17, 15) is 4.79 Å². The molecular weight excluding hydrogens is 336 g/mol. The number of para-hydroxylation sites is 2. The summed E-state index contributed by atoms with van der Waals surface area (Å²) in [5.74, 6) is 0.715. The molecule has 0 atom stereocenters. The molecule has 2 aromatic carbocycles. The Balaban J connectivity index is 1.78. The highest BCUT2D eigenvalue weighted by Crippen LogP contribution is 2.22. The zero-order valence-corrected chi connectivity index (χ0v) is 13.2. The van der Waals surface area contributed by atoms with Crippen LogP contribution in [0, 0.1) is 0 Å². The first-order valence-electron chi connectivity index (χ1n) is 6.18. The first kappa shape index (κ1) is 14.9. The number of hydrogen-bond donors (Lipinski definition) is 2. The van der Waals surface area contributed by atoms with Crippen molar-refractivity contribution in [3.8, 4) is 0 Å². The molecule has 0 spiro atoms. The first-order valence-corrected chi connectivity index (χ1v) is 7.96. The zero-order valence-electron chi connectivity index (χ0n) is 10.8. The SMILES string of the molecule is Nc1ccccc1NC(=O)CCSc1ccc(Br)cc1. The van der Waals surface area contributed by atoms with Crippen LogP contribution in [-0.4, -0.2) is 11.7 Å². The van der Waals surface area contributed by atoms with E-state index in [0.717, 1.165) is 15.1 Å². The van der Waals surface area contributed by atoms with Crippen LogP contribution in [0.5, 0.6) is 0 Å². The Morgan fingerprint density at radius 3 is 2.55 bits per heavy atom. The molecule has 0 fully saturated rings. The van der Waals surface area contributed by atoms with E-state index in [1.54, 1.807) is 23.9 Å². The largest absolute Gasteiger partial charge is 0.397 e. The van der Waals surface area contributed by atoms with Crippen molar-refractivity contribution < 1.29 is 4.79 Å². The maximum Gasteiger partial charge on any atom is 0.225 e. The molecule has 0 saturated heterocycles. The second kappa shape index (κ2) is 7.36. The van der Waals surface area contributed by atoms with Crippen LogP contribution in [0.15, 0.2) is 57.9 Å². The summed E-state index contributed by atoms with van der Waals surface area (Å²) in [6.07, 6.45) is 0.453. The van der Waals surface area contributed by atoms with Crippen LogP contribution in [0.2, 0.25) is 0 Å². The molecule has 5 heteroatoms. The smallest absolute Gasteiger partial charge is 0.225 e. The average molecular weight is 351 g/mol. The highest BCUT2D eigenvalue weighted by Gasteiger charge is 2.05. The summed E-state index contributed by atoms with van der Waals surface area (Å²) in [7, 11) is 0. The maximum absolute atomic E-state index is 11.8. The van der Waals surface area contributed by atoms with Crippen molar-refractivity contribution in [1.82, 2.24) is 0 Å². The van der Waals surface area contributed by atoms with Gasteiger partial charge in [-0.2, -0.15) is 0 Å². The van der Waals surface area contributed by atoms with E-state index in [1.165, 1.54) is 0 Å². The van der Waals surface area contributed by atoms with Crippen molar-refractivity contribution in [1.29, 1.82) is 0 Å². The molecule has 3 nitrogen and oxygen atoms in total. The second-order valence-electron chi connectivity index (χ2n) is 4.19. The lowest BCUT2D eigenvalue weighted by Gasteiger charge is -2.07. The van der Waals surface area contributed by atoms with E-state index in [4.69, 9.17) is 5.73 Å². The summed E-state index contributed by atoms with van der Waals surface area (Å²) >= 11 is 5.05. The van der Waals surface area contributed by atoms with Gasteiger partial charge in [0, 0.05) is 21.5 Å². The Morgan fingerprint density at radius 2 is 1.85 bits per heavy atom. The van der Waals surface area contributed by atoms with Crippen molar-refractivity contribution in [2.75, 3.05) is 16.8 Å². The topological polar surface area (TPSA) is 55.1 Å². The van der Waals surface area contributed by atoms with Gasteiger partial charge in [0.1, 0.15) is 0 Å². The van der Waals surface area contributed by atoms with Gasteiger partial charge in [-0.1, -0.05) is 28.1 Å². The van der Waals surface area contributed by atoms with E-state index >= 15 is 0 Å². The third-order valence-electron chi connectivity index (χ3n) is 2.65. The summed E-state index contributed by atoms with van der Waals surface area (Å²) < 4.78 is 1.05. The van der Waals surface area contributed by atoms with Gasteiger partial charge in [-0.25, -0.2) is 0 Å². The molecule has 0 radical (unpaired) electrons. The minimum atomic E-state index is -0.0208. The summed E-state index contributed by atoms with van der Waals surface area (Å²) in [6, 6.07) is 15.3. The van der Waals surface area contributed by atoms with Crippen LogP contribution < -0.4 is 11.1 Å². The number of hydrogen-bond acceptors (Lipinski definition) is 3. The molecule has 1 amide bonds. The average Bonchev–Trinajstić information content (AvgIpc) is 2.44. The monoisotopic (exact) mass is 350 g/mol. The molecule has 2 rings (SSSR count). The third-order valence-corrected chi connectivity index (χ3v) is 4.19. The predicted octanol–water partition coefficient (Wildman–Crippen LogP) is 4.15. The highest BCUT2D eigenvalue weighted by molar-refractivity contribution is 9.10. The van der Waals surface area contributed by atoms with Gasteiger partial charge in [-0.15, -0.1) is 11.8 Å². The van der Waals surface area contributed by atoms with Gasteiger partial charge in [-0.05, 0) is 36.4 Å². The van der Waals surface area contributed by atoms with Crippen LogP contribution in [0.3, 0.4) is 0 Å². The normalized spacial score (nSPS) is 10.2. The molecule has 0 saturated carbocycles. The van der Waals surface area contributed by atoms with Gasteiger partial charge in [-0.3, -0.25) is 4.79 Å². The van der Waals surface area contributed by atoms with Crippen LogP contribution >= 0.6 is 27.7 Å². The summed E-state index contributed by atoms with van der Waals surface area (Å²) in [5, 5.41) is 2.82. The fraction of sp³-hybridized carbons (Fsp3) is 0.133. The van der Waals surface area contributed by atoms with Crippen molar-refractivity contribution in [2.24, 2.45) is 0 Å². The molecular formula is C15H15BrN2OS. The maximum atomic E-state index is 11.8. The highest BCUT2D eigenvalue weighted by atomic mass is 79.9. The lowest BCUT2D eigenvalue weighted by Crippen LogP contribution is -2.13. The van der Waals surface area contributed by atoms with Crippen LogP contribution in [0.4, 0.5) is 11.4 Å². The number of carbonyl (C=O) groups excluding carboxylic acids is 1.